The van der Waals surface area contributed by atoms with E-state index in [1.54, 1.807) is 54.7 Å². The lowest BCUT2D eigenvalue weighted by atomic mass is 10.1. The summed E-state index contributed by atoms with van der Waals surface area (Å²) in [6.45, 7) is 4.25. The first kappa shape index (κ1) is 26.0. The van der Waals surface area contributed by atoms with E-state index in [0.29, 0.717) is 28.1 Å². The van der Waals surface area contributed by atoms with E-state index in [2.05, 4.69) is 42.2 Å². The van der Waals surface area contributed by atoms with Crippen molar-refractivity contribution in [3.8, 4) is 5.75 Å². The largest absolute Gasteiger partial charge is 0.573 e. The number of pyridine rings is 1. The number of aromatic amines is 1. The highest BCUT2D eigenvalue weighted by Gasteiger charge is 2.31. The van der Waals surface area contributed by atoms with Crippen molar-refractivity contribution in [3.63, 3.8) is 0 Å². The second-order valence-corrected chi connectivity index (χ2v) is 7.86. The molecule has 0 aliphatic carbocycles. The summed E-state index contributed by atoms with van der Waals surface area (Å²) in [6.07, 6.45) is -1.50. The molecule has 4 N–H and O–H groups in total. The van der Waals surface area contributed by atoms with Crippen molar-refractivity contribution in [3.05, 3.63) is 108 Å². The fraction of sp³-hybridized carbons (Fsp3) is 0.0800. The zero-order valence-corrected chi connectivity index (χ0v) is 19.7. The number of nitrogens with two attached hydrogens (primary N) is 1. The normalized spacial score (nSPS) is 11.6. The van der Waals surface area contributed by atoms with E-state index < -0.39 is 12.3 Å². The molecule has 4 aromatic rings. The number of halogens is 3. The third-order valence-electron chi connectivity index (χ3n) is 5.14. The van der Waals surface area contributed by atoms with E-state index >= 15 is 0 Å². The minimum atomic E-state index is -4.80. The van der Waals surface area contributed by atoms with Crippen molar-refractivity contribution in [1.82, 2.24) is 30.6 Å². The highest BCUT2D eigenvalue weighted by Crippen LogP contribution is 2.28. The summed E-state index contributed by atoms with van der Waals surface area (Å²) in [5.74, 6) is 5.69. The molecule has 0 bridgehead atoms. The number of benzene rings is 2. The molecule has 0 aliphatic heterocycles. The first-order chi connectivity index (χ1) is 18.2. The van der Waals surface area contributed by atoms with Gasteiger partial charge in [0.25, 0.3) is 11.9 Å². The highest BCUT2D eigenvalue weighted by atomic mass is 19.4. The molecule has 0 saturated carbocycles. The molecule has 0 unspecified atom stereocenters. The summed E-state index contributed by atoms with van der Waals surface area (Å²) in [5.41, 5.74) is 3.26. The summed E-state index contributed by atoms with van der Waals surface area (Å²) in [6, 6.07) is 17.3. The molecule has 0 spiro atoms. The van der Waals surface area contributed by atoms with Gasteiger partial charge in [-0.25, -0.2) is 5.84 Å². The van der Waals surface area contributed by atoms with E-state index in [0.717, 1.165) is 5.56 Å². The Morgan fingerprint density at radius 3 is 2.39 bits per heavy atom. The Hall–Kier alpha value is -5.04. The van der Waals surface area contributed by atoms with Gasteiger partial charge in [-0.05, 0) is 76.5 Å². The van der Waals surface area contributed by atoms with Gasteiger partial charge in [0.2, 0.25) is 0 Å². The molecule has 194 valence electrons. The number of hydrazine groups is 1. The van der Waals surface area contributed by atoms with Crippen LogP contribution in [0.1, 0.15) is 27.2 Å². The predicted octanol–water partition coefficient (Wildman–Crippen LogP) is 4.18. The number of aromatic nitrogens is 5. The minimum Gasteiger partial charge on any atom is -0.406 e. The maximum absolute atomic E-state index is 12.6. The Kier molecular flexibility index (Phi) is 7.77. The van der Waals surface area contributed by atoms with E-state index in [4.69, 9.17) is 5.84 Å². The smallest absolute Gasteiger partial charge is 0.406 e. The molecule has 10 nitrogen and oxygen atoms in total. The number of allylic oxidation sites excluding steroid dienone is 2. The lowest BCUT2D eigenvalue weighted by Gasteiger charge is -2.23. The van der Waals surface area contributed by atoms with Crippen LogP contribution in [-0.4, -0.2) is 42.9 Å². The molecule has 0 atom stereocenters. The molecule has 2 aromatic heterocycles. The van der Waals surface area contributed by atoms with Crippen LogP contribution >= 0.6 is 0 Å². The molecule has 0 fully saturated rings. The van der Waals surface area contributed by atoms with Crippen molar-refractivity contribution < 1.29 is 22.7 Å². The molecule has 38 heavy (non-hydrogen) atoms. The number of nitrogens with one attached hydrogen (secondary N) is 2. The van der Waals surface area contributed by atoms with Crippen LogP contribution in [0.3, 0.4) is 0 Å². The number of hydrogen-bond donors (Lipinski definition) is 3. The van der Waals surface area contributed by atoms with Crippen LogP contribution in [0.15, 0.2) is 85.6 Å². The fourth-order valence-electron chi connectivity index (χ4n) is 3.38. The number of rotatable bonds is 9. The summed E-state index contributed by atoms with van der Waals surface area (Å²) in [5, 5.41) is 16.9. The molecule has 0 aliphatic rings. The Balaban J connectivity index is 1.55. The van der Waals surface area contributed by atoms with Crippen LogP contribution in [0.4, 0.5) is 19.1 Å². The predicted molar refractivity (Wildman–Crippen MR) is 133 cm³/mol. The molecule has 2 heterocycles. The summed E-state index contributed by atoms with van der Waals surface area (Å²) >= 11 is 0. The number of hydrogen-bond acceptors (Lipinski definition) is 8. The number of anilines is 1. The van der Waals surface area contributed by atoms with Crippen molar-refractivity contribution in [2.24, 2.45) is 5.84 Å². The van der Waals surface area contributed by atoms with Gasteiger partial charge in [0, 0.05) is 11.8 Å². The number of nitrogens with zero attached hydrogens (tertiary/aromatic N) is 5. The Morgan fingerprint density at radius 2 is 1.79 bits per heavy atom. The third-order valence-corrected chi connectivity index (χ3v) is 5.14. The summed E-state index contributed by atoms with van der Waals surface area (Å²) in [4.78, 5) is 16.6. The minimum absolute atomic E-state index is 0.0433. The van der Waals surface area contributed by atoms with Gasteiger partial charge in [-0.1, -0.05) is 29.9 Å². The third kappa shape index (κ3) is 7.01. The highest BCUT2D eigenvalue weighted by molar-refractivity contribution is 6.03. The maximum atomic E-state index is 12.6. The number of tetrazole rings is 1. The lowest BCUT2D eigenvalue weighted by molar-refractivity contribution is -0.274. The van der Waals surface area contributed by atoms with Gasteiger partial charge in [0.1, 0.15) is 5.75 Å². The van der Waals surface area contributed by atoms with Gasteiger partial charge in [-0.15, -0.1) is 18.3 Å². The quantitative estimate of drug-likeness (QED) is 0.169. The van der Waals surface area contributed by atoms with Crippen molar-refractivity contribution in [1.29, 1.82) is 0 Å². The SMILES string of the molecule is C=C(/C=C(/c1ccc(OC(F)(F)F)cc1)N(N)Cc1ccc(C(=O)Nc2nn[nH]n2)cc1)c1ccccn1. The number of alkyl halides is 3. The second-order valence-electron chi connectivity index (χ2n) is 7.86. The molecule has 4 rings (SSSR count). The van der Waals surface area contributed by atoms with Gasteiger partial charge in [0.05, 0.1) is 17.9 Å². The van der Waals surface area contributed by atoms with Crippen LogP contribution in [0.5, 0.6) is 5.75 Å². The standard InChI is InChI=1S/C25H21F3N8O2/c1-16(21-4-2-3-13-30-21)14-22(18-9-11-20(12-10-18)38-25(26,27)28)36(29)15-17-5-7-19(8-6-17)23(37)31-24-32-34-35-33-24/h2-14H,1,15,29H2,(H2,31,32,33,34,35,37)/b22-14-. The summed E-state index contributed by atoms with van der Waals surface area (Å²) < 4.78 is 41.7. The zero-order valence-electron chi connectivity index (χ0n) is 19.7. The van der Waals surface area contributed by atoms with Crippen molar-refractivity contribution in [2.75, 3.05) is 5.32 Å². The number of carbonyl (C=O) groups excluding carboxylic acids is 1. The van der Waals surface area contributed by atoms with Crippen LogP contribution in [-0.2, 0) is 6.54 Å². The molecule has 2 aromatic carbocycles. The van der Waals surface area contributed by atoms with E-state index in [9.17, 15) is 18.0 Å². The van der Waals surface area contributed by atoms with E-state index in [-0.39, 0.29) is 18.2 Å². The van der Waals surface area contributed by atoms with Crippen molar-refractivity contribution >= 4 is 23.1 Å². The molecule has 0 saturated heterocycles. The number of H-pyrrole nitrogens is 1. The number of carbonyl (C=O) groups is 1. The first-order valence-electron chi connectivity index (χ1n) is 11.0. The maximum Gasteiger partial charge on any atom is 0.573 e. The molecule has 0 radical (unpaired) electrons. The molecule has 13 heteroatoms. The lowest BCUT2D eigenvalue weighted by Crippen LogP contribution is -2.29. The Labute approximate surface area is 214 Å². The zero-order chi connectivity index (χ0) is 27.1. The monoisotopic (exact) mass is 522 g/mol. The van der Waals surface area contributed by atoms with E-state index in [1.807, 2.05) is 0 Å². The number of amides is 1. The number of ether oxygens (including phenoxy) is 1. The average molecular weight is 522 g/mol. The average Bonchev–Trinajstić information content (AvgIpc) is 3.41. The fourth-order valence-corrected chi connectivity index (χ4v) is 3.38. The van der Waals surface area contributed by atoms with Crippen LogP contribution in [0.2, 0.25) is 0 Å². The van der Waals surface area contributed by atoms with Gasteiger partial charge >= 0.3 is 6.36 Å². The van der Waals surface area contributed by atoms with Crippen molar-refractivity contribution in [2.45, 2.75) is 12.9 Å². The van der Waals surface area contributed by atoms with Gasteiger partial charge in [-0.3, -0.25) is 15.1 Å². The Morgan fingerprint density at radius 1 is 1.08 bits per heavy atom. The van der Waals surface area contributed by atoms with Crippen LogP contribution < -0.4 is 15.9 Å². The molecule has 1 amide bonds. The van der Waals surface area contributed by atoms with Crippen LogP contribution in [0.25, 0.3) is 11.3 Å². The molecular weight excluding hydrogens is 501 g/mol. The van der Waals surface area contributed by atoms with Gasteiger partial charge in [0.15, 0.2) is 0 Å². The molecular formula is C25H21F3N8O2. The van der Waals surface area contributed by atoms with Gasteiger partial charge in [-0.2, -0.15) is 5.21 Å². The first-order valence-corrected chi connectivity index (χ1v) is 11.0. The van der Waals surface area contributed by atoms with Gasteiger partial charge < -0.3 is 9.75 Å². The van der Waals surface area contributed by atoms with E-state index in [1.165, 1.54) is 29.3 Å². The Bertz CT molecular complexity index is 1410. The topological polar surface area (TPSA) is 135 Å². The second kappa shape index (κ2) is 11.3. The van der Waals surface area contributed by atoms with Crippen LogP contribution in [0, 0.1) is 0 Å². The summed E-state index contributed by atoms with van der Waals surface area (Å²) in [7, 11) is 0.